The third kappa shape index (κ3) is 2.77. The normalized spacial score (nSPS) is 23.1. The molecule has 2 amide bonds. The maximum atomic E-state index is 11.8. The number of carboxylic acid groups (broad SMARTS) is 1. The number of aliphatic carboxylic acids is 1. The van der Waals surface area contributed by atoms with E-state index in [9.17, 15) is 14.7 Å². The number of carbonyl (C=O) groups is 2. The molecule has 1 aliphatic rings. The van der Waals surface area contributed by atoms with Crippen molar-refractivity contribution in [2.45, 2.75) is 25.1 Å². The third-order valence-electron chi connectivity index (χ3n) is 2.73. The van der Waals surface area contributed by atoms with Crippen molar-refractivity contribution in [3.05, 3.63) is 16.6 Å². The first-order chi connectivity index (χ1) is 8.58. The van der Waals surface area contributed by atoms with Crippen LogP contribution in [0.3, 0.4) is 0 Å². The highest BCUT2D eigenvalue weighted by Gasteiger charge is 2.38. The molecule has 2 atom stereocenters. The molecule has 2 heterocycles. The highest BCUT2D eigenvalue weighted by atomic mass is 32.1. The lowest BCUT2D eigenvalue weighted by Gasteiger charge is -2.21. The number of carbonyl (C=O) groups excluding carboxylic acids is 1. The van der Waals surface area contributed by atoms with Crippen molar-refractivity contribution >= 4 is 23.3 Å². The number of aliphatic hydroxyl groups excluding tert-OH is 1. The van der Waals surface area contributed by atoms with Gasteiger partial charge >= 0.3 is 12.0 Å². The van der Waals surface area contributed by atoms with Crippen LogP contribution < -0.4 is 5.32 Å². The number of aliphatic hydroxyl groups is 1. The summed E-state index contributed by atoms with van der Waals surface area (Å²) in [5.41, 5.74) is 2.38. The monoisotopic (exact) mass is 271 g/mol. The van der Waals surface area contributed by atoms with Crippen LogP contribution in [0.4, 0.5) is 4.79 Å². The molecule has 0 spiro atoms. The van der Waals surface area contributed by atoms with Gasteiger partial charge in [-0.3, -0.25) is 0 Å². The zero-order valence-electron chi connectivity index (χ0n) is 9.44. The minimum atomic E-state index is -1.10. The number of hydrogen-bond donors (Lipinski definition) is 3. The number of amides is 2. The Morgan fingerprint density at radius 2 is 2.39 bits per heavy atom. The molecule has 0 aromatic carbocycles. The fraction of sp³-hybridized carbons (Fsp3) is 0.500. The van der Waals surface area contributed by atoms with Crippen LogP contribution in [0.2, 0.25) is 0 Å². The van der Waals surface area contributed by atoms with Crippen LogP contribution >= 0.6 is 11.3 Å². The van der Waals surface area contributed by atoms with Crippen LogP contribution in [0.5, 0.6) is 0 Å². The van der Waals surface area contributed by atoms with Gasteiger partial charge in [-0.25, -0.2) is 14.6 Å². The topological polar surface area (TPSA) is 103 Å². The Kier molecular flexibility index (Phi) is 3.78. The average molecular weight is 271 g/mol. The van der Waals surface area contributed by atoms with E-state index >= 15 is 0 Å². The number of rotatable bonds is 3. The maximum Gasteiger partial charge on any atom is 0.326 e. The summed E-state index contributed by atoms with van der Waals surface area (Å²) in [6.45, 7) is 0.293. The predicted molar refractivity (Wildman–Crippen MR) is 63.1 cm³/mol. The highest BCUT2D eigenvalue weighted by Crippen LogP contribution is 2.18. The van der Waals surface area contributed by atoms with Crippen molar-refractivity contribution in [3.8, 4) is 0 Å². The zero-order chi connectivity index (χ0) is 13.1. The molecule has 18 heavy (non-hydrogen) atoms. The number of nitrogens with one attached hydrogen (secondary N) is 1. The molecule has 7 nitrogen and oxygen atoms in total. The fourth-order valence-corrected chi connectivity index (χ4v) is 2.42. The largest absolute Gasteiger partial charge is 0.480 e. The van der Waals surface area contributed by atoms with Gasteiger partial charge in [0.05, 0.1) is 23.9 Å². The molecule has 0 radical (unpaired) electrons. The summed E-state index contributed by atoms with van der Waals surface area (Å²) in [6.07, 6.45) is -0.712. The summed E-state index contributed by atoms with van der Waals surface area (Å²) in [4.78, 5) is 27.9. The van der Waals surface area contributed by atoms with Gasteiger partial charge in [-0.15, -0.1) is 11.3 Å². The Hall–Kier alpha value is -1.67. The van der Waals surface area contributed by atoms with Crippen molar-refractivity contribution in [2.24, 2.45) is 0 Å². The van der Waals surface area contributed by atoms with E-state index in [4.69, 9.17) is 5.11 Å². The zero-order valence-corrected chi connectivity index (χ0v) is 10.3. The van der Waals surface area contributed by atoms with E-state index in [2.05, 4.69) is 10.3 Å². The van der Waals surface area contributed by atoms with Crippen LogP contribution in [0.1, 0.15) is 12.1 Å². The lowest BCUT2D eigenvalue weighted by atomic mass is 10.2. The molecule has 0 bridgehead atoms. The van der Waals surface area contributed by atoms with Gasteiger partial charge in [0.2, 0.25) is 0 Å². The van der Waals surface area contributed by atoms with E-state index in [-0.39, 0.29) is 19.5 Å². The summed E-state index contributed by atoms with van der Waals surface area (Å²) < 4.78 is 0. The molecule has 1 fully saturated rings. The van der Waals surface area contributed by atoms with Crippen LogP contribution in [-0.2, 0) is 11.3 Å². The second kappa shape index (κ2) is 5.32. The fourth-order valence-electron chi connectivity index (χ4n) is 1.86. The molecule has 1 aromatic rings. The van der Waals surface area contributed by atoms with Crippen LogP contribution in [0.15, 0.2) is 10.9 Å². The van der Waals surface area contributed by atoms with Gasteiger partial charge in [0.1, 0.15) is 6.04 Å². The van der Waals surface area contributed by atoms with E-state index in [1.165, 1.54) is 11.3 Å². The minimum absolute atomic E-state index is 0.0415. The average Bonchev–Trinajstić information content (AvgIpc) is 2.94. The van der Waals surface area contributed by atoms with Gasteiger partial charge in [0.15, 0.2) is 0 Å². The lowest BCUT2D eigenvalue weighted by Crippen LogP contribution is -2.45. The molecule has 0 unspecified atom stereocenters. The molecule has 8 heteroatoms. The molecule has 1 saturated heterocycles. The first-order valence-electron chi connectivity index (χ1n) is 5.40. The van der Waals surface area contributed by atoms with Crippen LogP contribution in [-0.4, -0.2) is 50.8 Å². The summed E-state index contributed by atoms with van der Waals surface area (Å²) in [7, 11) is 0. The predicted octanol–water partition coefficient (Wildman–Crippen LogP) is -0.127. The van der Waals surface area contributed by atoms with Crippen LogP contribution in [0, 0.1) is 0 Å². The van der Waals surface area contributed by atoms with E-state index in [0.717, 1.165) is 10.6 Å². The molecule has 0 saturated carbocycles. The molecular weight excluding hydrogens is 258 g/mol. The Morgan fingerprint density at radius 3 is 3.00 bits per heavy atom. The summed E-state index contributed by atoms with van der Waals surface area (Å²) in [6, 6.07) is -1.46. The minimum Gasteiger partial charge on any atom is -0.480 e. The Bertz CT molecular complexity index is 436. The first kappa shape index (κ1) is 12.8. The van der Waals surface area contributed by atoms with E-state index in [0.29, 0.717) is 0 Å². The molecule has 98 valence electrons. The first-order valence-corrected chi connectivity index (χ1v) is 6.34. The summed E-state index contributed by atoms with van der Waals surface area (Å²) in [5, 5.41) is 22.8. The van der Waals surface area contributed by atoms with Crippen molar-refractivity contribution in [2.75, 3.05) is 6.54 Å². The number of β-amino-alcohol motifs (C(OH)–C–C–N with tert-alkyl or cyclic N) is 1. The quantitative estimate of drug-likeness (QED) is 0.710. The highest BCUT2D eigenvalue weighted by molar-refractivity contribution is 7.07. The van der Waals surface area contributed by atoms with Crippen molar-refractivity contribution in [1.29, 1.82) is 0 Å². The van der Waals surface area contributed by atoms with Gasteiger partial charge in [-0.2, -0.15) is 0 Å². The standard InChI is InChI=1S/C10H13N3O4S/c14-7-1-8(9(15)16)13(3-7)10(17)11-2-6-4-18-5-12-6/h4-5,7-8,14H,1-3H2,(H,11,17)(H,15,16)/t7-,8+/m1/s1. The van der Waals surface area contributed by atoms with E-state index in [1.54, 1.807) is 10.9 Å². The SMILES string of the molecule is O=C(O)[C@@H]1C[C@@H](O)CN1C(=O)NCc1cscn1. The number of thiazole rings is 1. The Labute approximate surface area is 107 Å². The van der Waals surface area contributed by atoms with Crippen molar-refractivity contribution in [3.63, 3.8) is 0 Å². The van der Waals surface area contributed by atoms with E-state index in [1.807, 2.05) is 0 Å². The molecule has 0 aliphatic carbocycles. The number of likely N-dealkylation sites (tertiary alicyclic amines) is 1. The van der Waals surface area contributed by atoms with E-state index < -0.39 is 24.1 Å². The summed E-state index contributed by atoms with van der Waals surface area (Å²) in [5.74, 6) is -1.10. The molecule has 2 rings (SSSR count). The maximum absolute atomic E-state index is 11.8. The smallest absolute Gasteiger partial charge is 0.326 e. The second-order valence-corrected chi connectivity index (χ2v) is 4.75. The van der Waals surface area contributed by atoms with Gasteiger partial charge in [0, 0.05) is 18.3 Å². The number of carboxylic acids is 1. The second-order valence-electron chi connectivity index (χ2n) is 4.03. The Balaban J connectivity index is 1.93. The lowest BCUT2D eigenvalue weighted by molar-refractivity contribution is -0.141. The number of hydrogen-bond acceptors (Lipinski definition) is 5. The molecular formula is C10H13N3O4S. The third-order valence-corrected chi connectivity index (χ3v) is 3.36. The van der Waals surface area contributed by atoms with Gasteiger partial charge in [-0.05, 0) is 0 Å². The van der Waals surface area contributed by atoms with Gasteiger partial charge in [0.25, 0.3) is 0 Å². The summed E-state index contributed by atoms with van der Waals surface area (Å²) >= 11 is 1.42. The number of aromatic nitrogens is 1. The Morgan fingerprint density at radius 1 is 1.61 bits per heavy atom. The van der Waals surface area contributed by atoms with Gasteiger partial charge in [-0.1, -0.05) is 0 Å². The number of nitrogens with zero attached hydrogens (tertiary/aromatic N) is 2. The van der Waals surface area contributed by atoms with Gasteiger partial charge < -0.3 is 20.4 Å². The van der Waals surface area contributed by atoms with Crippen molar-refractivity contribution in [1.82, 2.24) is 15.2 Å². The molecule has 1 aliphatic heterocycles. The van der Waals surface area contributed by atoms with Crippen LogP contribution in [0.25, 0.3) is 0 Å². The number of urea groups is 1. The van der Waals surface area contributed by atoms with Crippen molar-refractivity contribution < 1.29 is 19.8 Å². The molecule has 3 N–H and O–H groups in total. The molecule has 1 aromatic heterocycles.